The molecule has 1 aliphatic carbocycles. The van der Waals surface area contributed by atoms with E-state index in [1.54, 1.807) is 29.8 Å². The third kappa shape index (κ3) is 2.22. The van der Waals surface area contributed by atoms with Gasteiger partial charge in [0.05, 0.1) is 19.2 Å². The minimum absolute atomic E-state index is 0.0642. The highest BCUT2D eigenvalue weighted by atomic mass is 16.5. The zero-order valence-electron chi connectivity index (χ0n) is 11.3. The van der Waals surface area contributed by atoms with Crippen LogP contribution in [0.5, 0.6) is 5.75 Å². The number of hydrogen-bond donors (Lipinski definition) is 2. The summed E-state index contributed by atoms with van der Waals surface area (Å²) in [6, 6.07) is 4.03. The number of fused-ring (bicyclic) bond motifs is 1. The van der Waals surface area contributed by atoms with Gasteiger partial charge in [-0.05, 0) is 18.9 Å². The normalized spacial score (nSPS) is 15.2. The fourth-order valence-electron chi connectivity index (χ4n) is 2.39. The Labute approximate surface area is 116 Å². The summed E-state index contributed by atoms with van der Waals surface area (Å²) >= 11 is 0. The topological polar surface area (TPSA) is 75.9 Å². The predicted octanol–water partition coefficient (Wildman–Crippen LogP) is 1.68. The molecule has 0 amide bonds. The highest BCUT2D eigenvalue weighted by Gasteiger charge is 2.20. The molecule has 2 N–H and O–H groups in total. The van der Waals surface area contributed by atoms with Crippen LogP contribution in [-0.2, 0) is 6.54 Å². The first-order chi connectivity index (χ1) is 9.69. The smallest absolute Gasteiger partial charge is 0.356 e. The molecule has 1 saturated carbocycles. The lowest BCUT2D eigenvalue weighted by Crippen LogP contribution is -2.35. The van der Waals surface area contributed by atoms with E-state index < -0.39 is 5.97 Å². The standard InChI is InChI=1S/C14H17N3O3/c1-20-10-5-6-17-11(7-10)13(14(18)19)16-12(17)8-15-9-3-2-4-9/h5-7,9,15H,2-4,8H2,1H3,(H,18,19). The summed E-state index contributed by atoms with van der Waals surface area (Å²) in [7, 11) is 1.56. The maximum Gasteiger partial charge on any atom is 0.356 e. The molecule has 0 bridgehead atoms. The molecule has 0 aliphatic heterocycles. The van der Waals surface area contributed by atoms with Crippen molar-refractivity contribution in [2.45, 2.75) is 31.8 Å². The summed E-state index contributed by atoms with van der Waals surface area (Å²) < 4.78 is 6.94. The molecule has 0 atom stereocenters. The molecular formula is C14H17N3O3. The molecule has 0 radical (unpaired) electrons. The van der Waals surface area contributed by atoms with Gasteiger partial charge in [-0.15, -0.1) is 0 Å². The van der Waals surface area contributed by atoms with E-state index in [2.05, 4.69) is 10.3 Å². The molecule has 6 heteroatoms. The number of ether oxygens (including phenoxy) is 1. The van der Waals surface area contributed by atoms with Crippen LogP contribution < -0.4 is 10.1 Å². The Balaban J connectivity index is 1.96. The van der Waals surface area contributed by atoms with Crippen molar-refractivity contribution in [1.29, 1.82) is 0 Å². The van der Waals surface area contributed by atoms with E-state index >= 15 is 0 Å². The van der Waals surface area contributed by atoms with Crippen molar-refractivity contribution in [3.8, 4) is 5.75 Å². The van der Waals surface area contributed by atoms with E-state index in [-0.39, 0.29) is 5.69 Å². The maximum atomic E-state index is 11.3. The first kappa shape index (κ1) is 12.9. The minimum Gasteiger partial charge on any atom is -0.497 e. The largest absolute Gasteiger partial charge is 0.497 e. The number of nitrogens with one attached hydrogen (secondary N) is 1. The molecule has 2 heterocycles. The van der Waals surface area contributed by atoms with E-state index in [0.29, 0.717) is 29.7 Å². The number of carboxylic acid groups (broad SMARTS) is 1. The van der Waals surface area contributed by atoms with E-state index in [0.717, 1.165) is 0 Å². The van der Waals surface area contributed by atoms with Crippen molar-refractivity contribution in [3.63, 3.8) is 0 Å². The average Bonchev–Trinajstić information content (AvgIpc) is 2.75. The highest BCUT2D eigenvalue weighted by molar-refractivity contribution is 5.94. The van der Waals surface area contributed by atoms with Crippen molar-refractivity contribution in [2.75, 3.05) is 7.11 Å². The number of pyridine rings is 1. The summed E-state index contributed by atoms with van der Waals surface area (Å²) in [5, 5.41) is 12.7. The molecule has 0 aromatic carbocycles. The van der Waals surface area contributed by atoms with E-state index in [4.69, 9.17) is 4.74 Å². The van der Waals surface area contributed by atoms with E-state index in [1.165, 1.54) is 19.3 Å². The number of aromatic nitrogens is 2. The summed E-state index contributed by atoms with van der Waals surface area (Å²) in [6.45, 7) is 0.575. The van der Waals surface area contributed by atoms with Crippen molar-refractivity contribution in [3.05, 3.63) is 29.8 Å². The van der Waals surface area contributed by atoms with Gasteiger partial charge in [0, 0.05) is 18.3 Å². The van der Waals surface area contributed by atoms with Crippen LogP contribution in [0.1, 0.15) is 35.6 Å². The molecule has 0 unspecified atom stereocenters. The van der Waals surface area contributed by atoms with Crippen LogP contribution in [0.2, 0.25) is 0 Å². The van der Waals surface area contributed by atoms with Crippen LogP contribution >= 0.6 is 0 Å². The lowest BCUT2D eigenvalue weighted by atomic mass is 9.93. The van der Waals surface area contributed by atoms with Crippen LogP contribution in [0.25, 0.3) is 5.52 Å². The number of carboxylic acids is 1. The summed E-state index contributed by atoms with van der Waals surface area (Å²) in [6.07, 6.45) is 5.43. The Bertz CT molecular complexity index is 646. The van der Waals surface area contributed by atoms with Crippen molar-refractivity contribution in [2.24, 2.45) is 0 Å². The average molecular weight is 275 g/mol. The fraction of sp³-hybridized carbons (Fsp3) is 0.429. The number of carbonyl (C=O) groups is 1. The first-order valence-corrected chi connectivity index (χ1v) is 6.70. The molecule has 6 nitrogen and oxygen atoms in total. The maximum absolute atomic E-state index is 11.3. The van der Waals surface area contributed by atoms with Gasteiger partial charge in [-0.2, -0.15) is 0 Å². The molecule has 20 heavy (non-hydrogen) atoms. The summed E-state index contributed by atoms with van der Waals surface area (Å²) in [4.78, 5) is 15.5. The zero-order valence-corrected chi connectivity index (χ0v) is 11.3. The number of rotatable bonds is 5. The molecule has 106 valence electrons. The van der Waals surface area contributed by atoms with Gasteiger partial charge < -0.3 is 19.6 Å². The van der Waals surface area contributed by atoms with Crippen LogP contribution in [0, 0.1) is 0 Å². The second-order valence-corrected chi connectivity index (χ2v) is 5.01. The van der Waals surface area contributed by atoms with Crippen LogP contribution in [-0.4, -0.2) is 33.6 Å². The number of aromatic carboxylic acids is 1. The third-order valence-corrected chi connectivity index (χ3v) is 3.78. The Hall–Kier alpha value is -2.08. The number of imidazole rings is 1. The van der Waals surface area contributed by atoms with Gasteiger partial charge in [-0.25, -0.2) is 9.78 Å². The van der Waals surface area contributed by atoms with Crippen LogP contribution in [0.3, 0.4) is 0 Å². The summed E-state index contributed by atoms with van der Waals surface area (Å²) in [5.74, 6) is 0.316. The second kappa shape index (κ2) is 5.13. The predicted molar refractivity (Wildman–Crippen MR) is 73.2 cm³/mol. The number of hydrogen-bond acceptors (Lipinski definition) is 4. The van der Waals surface area contributed by atoms with Gasteiger partial charge >= 0.3 is 5.97 Å². The van der Waals surface area contributed by atoms with Gasteiger partial charge in [0.25, 0.3) is 0 Å². The monoisotopic (exact) mass is 275 g/mol. The van der Waals surface area contributed by atoms with Gasteiger partial charge in [-0.3, -0.25) is 0 Å². The number of methoxy groups -OCH3 is 1. The van der Waals surface area contributed by atoms with Crippen molar-refractivity contribution >= 4 is 11.5 Å². The van der Waals surface area contributed by atoms with E-state index in [1.807, 2.05) is 0 Å². The van der Waals surface area contributed by atoms with E-state index in [9.17, 15) is 9.90 Å². The van der Waals surface area contributed by atoms with Gasteiger partial charge in [0.2, 0.25) is 0 Å². The minimum atomic E-state index is -1.02. The molecule has 0 spiro atoms. The second-order valence-electron chi connectivity index (χ2n) is 5.01. The molecular weight excluding hydrogens is 258 g/mol. The highest BCUT2D eigenvalue weighted by Crippen LogP contribution is 2.21. The van der Waals surface area contributed by atoms with Gasteiger partial charge in [-0.1, -0.05) is 6.42 Å². The SMILES string of the molecule is COc1ccn2c(CNC3CCC3)nc(C(=O)O)c2c1. The Morgan fingerprint density at radius 3 is 3.00 bits per heavy atom. The lowest BCUT2D eigenvalue weighted by molar-refractivity contribution is 0.0693. The molecule has 1 fully saturated rings. The summed E-state index contributed by atoms with van der Waals surface area (Å²) in [5.41, 5.74) is 0.622. The van der Waals surface area contributed by atoms with Crippen LogP contribution in [0.4, 0.5) is 0 Å². The van der Waals surface area contributed by atoms with Gasteiger partial charge in [0.1, 0.15) is 11.6 Å². The first-order valence-electron chi connectivity index (χ1n) is 6.70. The van der Waals surface area contributed by atoms with Gasteiger partial charge in [0.15, 0.2) is 5.69 Å². The quantitative estimate of drug-likeness (QED) is 0.868. The fourth-order valence-corrected chi connectivity index (χ4v) is 2.39. The third-order valence-electron chi connectivity index (χ3n) is 3.78. The number of nitrogens with zero attached hydrogens (tertiary/aromatic N) is 2. The molecule has 1 aliphatic rings. The Morgan fingerprint density at radius 2 is 2.40 bits per heavy atom. The van der Waals surface area contributed by atoms with Crippen molar-refractivity contribution < 1.29 is 14.6 Å². The Morgan fingerprint density at radius 1 is 1.60 bits per heavy atom. The van der Waals surface area contributed by atoms with Crippen LogP contribution in [0.15, 0.2) is 18.3 Å². The Kier molecular flexibility index (Phi) is 3.31. The van der Waals surface area contributed by atoms with Crippen molar-refractivity contribution in [1.82, 2.24) is 14.7 Å². The molecule has 2 aromatic rings. The molecule has 2 aromatic heterocycles. The zero-order chi connectivity index (χ0) is 14.1. The molecule has 3 rings (SSSR count). The lowest BCUT2D eigenvalue weighted by Gasteiger charge is -2.26. The molecule has 0 saturated heterocycles.